The van der Waals surface area contributed by atoms with Gasteiger partial charge in [-0.15, -0.1) is 0 Å². The van der Waals surface area contributed by atoms with Crippen LogP contribution in [0.3, 0.4) is 0 Å². The molecule has 0 bridgehead atoms. The van der Waals surface area contributed by atoms with Crippen molar-refractivity contribution in [3.05, 3.63) is 12.2 Å². The number of rotatable bonds is 6. The Hall–Kier alpha value is -1.30. The summed E-state index contributed by atoms with van der Waals surface area (Å²) < 4.78 is 0. The lowest BCUT2D eigenvalue weighted by molar-refractivity contribution is -0.142. The molecule has 1 rings (SSSR count). The number of carboxylic acid groups (broad SMARTS) is 1. The van der Waals surface area contributed by atoms with Crippen molar-refractivity contribution in [3.8, 4) is 6.07 Å². The number of nitrogens with zero attached hydrogens (tertiary/aromatic N) is 1. The summed E-state index contributed by atoms with van der Waals surface area (Å²) in [5.41, 5.74) is -0.456. The van der Waals surface area contributed by atoms with Gasteiger partial charge in [0, 0.05) is 11.5 Å². The summed E-state index contributed by atoms with van der Waals surface area (Å²) >= 11 is 0. The zero-order chi connectivity index (χ0) is 15.8. The van der Waals surface area contributed by atoms with E-state index in [9.17, 15) is 9.90 Å². The molecule has 0 amide bonds. The van der Waals surface area contributed by atoms with E-state index in [0.717, 1.165) is 12.8 Å². The third-order valence-electron chi connectivity index (χ3n) is 5.92. The molecule has 3 nitrogen and oxygen atoms in total. The maximum atomic E-state index is 11.8. The van der Waals surface area contributed by atoms with E-state index in [1.54, 1.807) is 0 Å². The topological polar surface area (TPSA) is 61.1 Å². The minimum Gasteiger partial charge on any atom is -0.481 e. The van der Waals surface area contributed by atoms with Crippen molar-refractivity contribution >= 4 is 5.97 Å². The van der Waals surface area contributed by atoms with Gasteiger partial charge in [0.2, 0.25) is 0 Å². The molecule has 1 saturated carbocycles. The maximum Gasteiger partial charge on any atom is 0.307 e. The van der Waals surface area contributed by atoms with Crippen molar-refractivity contribution in [3.63, 3.8) is 0 Å². The van der Waals surface area contributed by atoms with Gasteiger partial charge in [0.05, 0.1) is 12.0 Å². The molecule has 2 atom stereocenters. The molecule has 0 aromatic carbocycles. The molecule has 3 heteroatoms. The van der Waals surface area contributed by atoms with Gasteiger partial charge >= 0.3 is 5.97 Å². The molecule has 0 saturated heterocycles. The Morgan fingerprint density at radius 3 is 2.00 bits per heavy atom. The van der Waals surface area contributed by atoms with Crippen LogP contribution in [0.4, 0.5) is 0 Å². The molecule has 112 valence electrons. The number of hydrogen-bond acceptors (Lipinski definition) is 2. The van der Waals surface area contributed by atoms with E-state index < -0.39 is 11.9 Å². The average molecular weight is 277 g/mol. The fourth-order valence-corrected chi connectivity index (χ4v) is 4.42. The minimum atomic E-state index is -0.736. The molecule has 1 N–H and O–H groups in total. The lowest BCUT2D eigenvalue weighted by Crippen LogP contribution is -2.41. The second-order valence-corrected chi connectivity index (χ2v) is 7.17. The van der Waals surface area contributed by atoms with Crippen LogP contribution >= 0.6 is 0 Å². The van der Waals surface area contributed by atoms with Crippen molar-refractivity contribution in [2.75, 3.05) is 0 Å². The van der Waals surface area contributed by atoms with E-state index in [4.69, 9.17) is 5.26 Å². The van der Waals surface area contributed by atoms with E-state index in [1.807, 2.05) is 12.1 Å². The van der Waals surface area contributed by atoms with Crippen LogP contribution in [0.25, 0.3) is 0 Å². The highest BCUT2D eigenvalue weighted by Crippen LogP contribution is 2.77. The lowest BCUT2D eigenvalue weighted by Gasteiger charge is -2.46. The first-order valence-electron chi connectivity index (χ1n) is 7.43. The van der Waals surface area contributed by atoms with Gasteiger partial charge in [0.25, 0.3) is 0 Å². The van der Waals surface area contributed by atoms with Gasteiger partial charge in [-0.25, -0.2) is 0 Å². The number of hydrogen-bond donors (Lipinski definition) is 1. The number of carbonyl (C=O) groups is 1. The van der Waals surface area contributed by atoms with E-state index in [2.05, 4.69) is 41.5 Å². The predicted molar refractivity (Wildman–Crippen MR) is 79.9 cm³/mol. The fourth-order valence-electron chi connectivity index (χ4n) is 4.42. The Morgan fingerprint density at radius 1 is 1.25 bits per heavy atom. The van der Waals surface area contributed by atoms with Crippen LogP contribution in [-0.2, 0) is 4.79 Å². The summed E-state index contributed by atoms with van der Waals surface area (Å²) in [5, 5.41) is 18.4. The largest absolute Gasteiger partial charge is 0.481 e. The molecule has 1 aliphatic rings. The molecule has 0 heterocycles. The van der Waals surface area contributed by atoms with E-state index in [-0.39, 0.29) is 22.2 Å². The first kappa shape index (κ1) is 16.8. The van der Waals surface area contributed by atoms with Crippen LogP contribution in [0.5, 0.6) is 0 Å². The second kappa shape index (κ2) is 5.24. The molecule has 0 aromatic heterocycles. The van der Waals surface area contributed by atoms with Gasteiger partial charge in [-0.05, 0) is 16.7 Å². The molecule has 2 unspecified atom stereocenters. The van der Waals surface area contributed by atoms with Crippen molar-refractivity contribution in [1.29, 1.82) is 5.26 Å². The van der Waals surface area contributed by atoms with Gasteiger partial charge < -0.3 is 5.11 Å². The first-order chi connectivity index (χ1) is 9.14. The highest BCUT2D eigenvalue weighted by Gasteiger charge is 2.77. The van der Waals surface area contributed by atoms with E-state index in [0.29, 0.717) is 0 Å². The Balaban J connectivity index is 3.44. The number of nitriles is 1. The molecule has 0 aliphatic heterocycles. The van der Waals surface area contributed by atoms with Crippen LogP contribution in [-0.4, -0.2) is 11.1 Å². The maximum absolute atomic E-state index is 11.8. The Kier molecular flexibility index (Phi) is 4.39. The molecular weight excluding hydrogens is 250 g/mol. The number of aliphatic carboxylic acids is 1. The van der Waals surface area contributed by atoms with Gasteiger partial charge in [-0.3, -0.25) is 4.79 Å². The monoisotopic (exact) mass is 277 g/mol. The van der Waals surface area contributed by atoms with Crippen molar-refractivity contribution < 1.29 is 9.90 Å². The highest BCUT2D eigenvalue weighted by molar-refractivity contribution is 5.77. The second-order valence-electron chi connectivity index (χ2n) is 7.17. The van der Waals surface area contributed by atoms with Crippen LogP contribution < -0.4 is 0 Å². The summed E-state index contributed by atoms with van der Waals surface area (Å²) in [5.74, 6) is -1.18. The minimum absolute atomic E-state index is 0.0513. The van der Waals surface area contributed by atoms with Gasteiger partial charge in [0.1, 0.15) is 0 Å². The lowest BCUT2D eigenvalue weighted by atomic mass is 9.57. The standard InChI is InChI=1S/C17H27NO2/c1-7-15(3,4)17(16(5,6)8-2)12(10-9-11-18)13(17)14(19)20/h9-10,12-13H,7-8H2,1-6H3,(H,19,20)/b10-9-. The normalized spacial score (nSPS) is 25.4. The van der Waals surface area contributed by atoms with Gasteiger partial charge in [0.15, 0.2) is 0 Å². The van der Waals surface area contributed by atoms with E-state index in [1.165, 1.54) is 6.08 Å². The van der Waals surface area contributed by atoms with E-state index >= 15 is 0 Å². The first-order valence-corrected chi connectivity index (χ1v) is 7.43. The van der Waals surface area contributed by atoms with Crippen LogP contribution in [0.15, 0.2) is 12.2 Å². The third kappa shape index (κ3) is 2.06. The third-order valence-corrected chi connectivity index (χ3v) is 5.92. The zero-order valence-corrected chi connectivity index (χ0v) is 13.5. The molecular formula is C17H27NO2. The quantitative estimate of drug-likeness (QED) is 0.738. The summed E-state index contributed by atoms with van der Waals surface area (Å²) in [6.45, 7) is 12.9. The molecule has 20 heavy (non-hydrogen) atoms. The average Bonchev–Trinajstić information content (AvgIpc) is 3.08. The van der Waals surface area contributed by atoms with Gasteiger partial charge in [-0.1, -0.05) is 60.5 Å². The molecule has 0 aromatic rings. The van der Waals surface area contributed by atoms with Crippen LogP contribution in [0.2, 0.25) is 0 Å². The summed E-state index contributed by atoms with van der Waals surface area (Å²) in [6.07, 6.45) is 5.11. The summed E-state index contributed by atoms with van der Waals surface area (Å²) in [7, 11) is 0. The Morgan fingerprint density at radius 2 is 1.70 bits per heavy atom. The highest BCUT2D eigenvalue weighted by atomic mass is 16.4. The summed E-state index contributed by atoms with van der Waals surface area (Å²) in [4.78, 5) is 11.8. The number of carboxylic acids is 1. The van der Waals surface area contributed by atoms with Crippen molar-refractivity contribution in [1.82, 2.24) is 0 Å². The Labute approximate surface area is 122 Å². The number of allylic oxidation sites excluding steroid dienone is 2. The SMILES string of the molecule is CCC(C)(C)C1(C(C)(C)CC)C(/C=C\C#N)C1C(=O)O. The van der Waals surface area contributed by atoms with Crippen LogP contribution in [0, 0.1) is 39.4 Å². The molecule has 1 aliphatic carbocycles. The van der Waals surface area contributed by atoms with Crippen molar-refractivity contribution in [2.45, 2.75) is 54.4 Å². The smallest absolute Gasteiger partial charge is 0.307 e. The van der Waals surface area contributed by atoms with Crippen LogP contribution in [0.1, 0.15) is 54.4 Å². The fraction of sp³-hybridized carbons (Fsp3) is 0.765. The molecule has 0 spiro atoms. The van der Waals surface area contributed by atoms with Crippen molar-refractivity contribution in [2.24, 2.45) is 28.1 Å². The Bertz CT molecular complexity index is 438. The van der Waals surface area contributed by atoms with Gasteiger partial charge in [-0.2, -0.15) is 5.26 Å². The zero-order valence-electron chi connectivity index (χ0n) is 13.5. The molecule has 1 fully saturated rings. The predicted octanol–water partition coefficient (Wildman–Crippen LogP) is 4.26. The molecule has 0 radical (unpaired) electrons. The summed E-state index contributed by atoms with van der Waals surface area (Å²) in [6, 6.07) is 2.00.